The molecule has 0 radical (unpaired) electrons. The molecule has 0 fully saturated rings. The Morgan fingerprint density at radius 2 is 2.43 bits per heavy atom. The Hall–Kier alpha value is -0.650. The van der Waals surface area contributed by atoms with Crippen molar-refractivity contribution in [1.29, 1.82) is 0 Å². The van der Waals surface area contributed by atoms with Gasteiger partial charge in [0.1, 0.15) is 0 Å². The molecule has 1 aromatic rings. The van der Waals surface area contributed by atoms with Gasteiger partial charge in [-0.15, -0.1) is 11.3 Å². The minimum Gasteiger partial charge on any atom is -0.478 e. The summed E-state index contributed by atoms with van der Waals surface area (Å²) in [5.41, 5.74) is 0.677. The molecule has 0 amide bonds. The Morgan fingerprint density at radius 3 is 2.86 bits per heavy atom. The highest BCUT2D eigenvalue weighted by Crippen LogP contribution is 2.28. The fourth-order valence-corrected chi connectivity index (χ4v) is 2.36. The van der Waals surface area contributed by atoms with Crippen LogP contribution in [0, 0.1) is 0 Å². The topological polar surface area (TPSA) is 46.5 Å². The van der Waals surface area contributed by atoms with E-state index < -0.39 is 5.97 Å². The number of carbonyl (C=O) groups is 1. The van der Waals surface area contributed by atoms with Crippen molar-refractivity contribution in [3.8, 4) is 0 Å². The van der Waals surface area contributed by atoms with E-state index in [9.17, 15) is 4.79 Å². The number of carboxylic acid groups (broad SMARTS) is 1. The van der Waals surface area contributed by atoms with Crippen molar-refractivity contribution in [1.82, 2.24) is 0 Å². The van der Waals surface area contributed by atoms with Crippen molar-refractivity contribution in [2.75, 3.05) is 13.7 Å². The third kappa shape index (κ3) is 3.25. The first-order valence-electron chi connectivity index (χ1n) is 3.81. The summed E-state index contributed by atoms with van der Waals surface area (Å²) in [6.07, 6.45) is 1.17. The predicted molar refractivity (Wildman–Crippen MR) is 59.5 cm³/mol. The maximum absolute atomic E-state index is 10.5. The van der Waals surface area contributed by atoms with Crippen LogP contribution in [0.25, 0.3) is 5.57 Å². The highest BCUT2D eigenvalue weighted by Gasteiger charge is 2.06. The van der Waals surface area contributed by atoms with E-state index in [1.807, 2.05) is 12.1 Å². The molecule has 0 unspecified atom stereocenters. The van der Waals surface area contributed by atoms with Gasteiger partial charge in [0.2, 0.25) is 0 Å². The average molecular weight is 277 g/mol. The molecule has 1 rings (SSSR count). The Labute approximate surface area is 94.1 Å². The molecular weight excluding hydrogens is 268 g/mol. The fraction of sp³-hybridized carbons (Fsp3) is 0.222. The van der Waals surface area contributed by atoms with Gasteiger partial charge in [0.05, 0.1) is 10.4 Å². The van der Waals surface area contributed by atoms with E-state index in [1.54, 1.807) is 7.11 Å². The van der Waals surface area contributed by atoms with E-state index in [1.165, 1.54) is 17.4 Å². The summed E-state index contributed by atoms with van der Waals surface area (Å²) in [7, 11) is 1.54. The summed E-state index contributed by atoms with van der Waals surface area (Å²) in [4.78, 5) is 11.4. The molecule has 0 bridgehead atoms. The van der Waals surface area contributed by atoms with Gasteiger partial charge in [-0.3, -0.25) is 0 Å². The van der Waals surface area contributed by atoms with E-state index in [2.05, 4.69) is 15.9 Å². The van der Waals surface area contributed by atoms with Gasteiger partial charge in [0.25, 0.3) is 0 Å². The van der Waals surface area contributed by atoms with E-state index >= 15 is 0 Å². The van der Waals surface area contributed by atoms with Crippen LogP contribution in [-0.4, -0.2) is 24.8 Å². The van der Waals surface area contributed by atoms with Crippen molar-refractivity contribution in [3.63, 3.8) is 0 Å². The molecule has 0 aromatic carbocycles. The fourth-order valence-electron chi connectivity index (χ4n) is 0.975. The first-order chi connectivity index (χ1) is 6.63. The number of thiophene rings is 1. The molecular formula is C9H9BrO3S. The smallest absolute Gasteiger partial charge is 0.328 e. The number of hydrogen-bond donors (Lipinski definition) is 1. The molecule has 0 saturated heterocycles. The van der Waals surface area contributed by atoms with Gasteiger partial charge in [-0.25, -0.2) is 4.79 Å². The summed E-state index contributed by atoms with van der Waals surface area (Å²) < 4.78 is 5.90. The first kappa shape index (κ1) is 11.4. The molecule has 1 heterocycles. The van der Waals surface area contributed by atoms with E-state index in [0.29, 0.717) is 12.2 Å². The summed E-state index contributed by atoms with van der Waals surface area (Å²) in [6, 6.07) is 3.74. The lowest BCUT2D eigenvalue weighted by Crippen LogP contribution is -1.96. The lowest BCUT2D eigenvalue weighted by molar-refractivity contribution is -0.131. The van der Waals surface area contributed by atoms with Gasteiger partial charge in [0.15, 0.2) is 0 Å². The summed E-state index contributed by atoms with van der Waals surface area (Å²) in [6.45, 7) is 0.305. The molecule has 76 valence electrons. The normalized spacial score (nSPS) is 11.7. The zero-order chi connectivity index (χ0) is 10.6. The van der Waals surface area contributed by atoms with E-state index in [4.69, 9.17) is 9.84 Å². The van der Waals surface area contributed by atoms with Crippen molar-refractivity contribution < 1.29 is 14.6 Å². The molecule has 0 aliphatic carbocycles. The summed E-state index contributed by atoms with van der Waals surface area (Å²) >= 11 is 4.80. The molecule has 1 N–H and O–H groups in total. The maximum atomic E-state index is 10.5. The van der Waals surface area contributed by atoms with Crippen LogP contribution in [0.15, 0.2) is 22.0 Å². The second-order valence-electron chi connectivity index (χ2n) is 2.54. The summed E-state index contributed by atoms with van der Waals surface area (Å²) in [5.74, 6) is -0.957. The molecule has 0 atom stereocenters. The van der Waals surface area contributed by atoms with Crippen LogP contribution < -0.4 is 0 Å². The van der Waals surface area contributed by atoms with Crippen molar-refractivity contribution in [2.45, 2.75) is 0 Å². The Balaban J connectivity index is 2.93. The molecule has 0 spiro atoms. The lowest BCUT2D eigenvalue weighted by Gasteiger charge is -2.01. The van der Waals surface area contributed by atoms with E-state index in [0.717, 1.165) is 8.66 Å². The molecule has 1 aromatic heterocycles. The van der Waals surface area contributed by atoms with Crippen molar-refractivity contribution in [2.24, 2.45) is 0 Å². The predicted octanol–water partition coefficient (Wildman–Crippen LogP) is 2.62. The van der Waals surface area contributed by atoms with Crippen LogP contribution in [0.3, 0.4) is 0 Å². The molecule has 14 heavy (non-hydrogen) atoms. The van der Waals surface area contributed by atoms with Crippen molar-refractivity contribution in [3.05, 3.63) is 26.9 Å². The number of rotatable bonds is 4. The highest BCUT2D eigenvalue weighted by atomic mass is 79.9. The SMILES string of the molecule is COC/C(=C\C(=O)O)c1ccc(Br)s1. The zero-order valence-electron chi connectivity index (χ0n) is 7.49. The third-order valence-corrected chi connectivity index (χ3v) is 3.19. The van der Waals surface area contributed by atoms with E-state index in [-0.39, 0.29) is 0 Å². The van der Waals surface area contributed by atoms with Crippen LogP contribution in [0.2, 0.25) is 0 Å². The Bertz CT molecular complexity index is 357. The molecule has 0 aliphatic rings. The minimum absolute atomic E-state index is 0.305. The largest absolute Gasteiger partial charge is 0.478 e. The first-order valence-corrected chi connectivity index (χ1v) is 5.42. The van der Waals surface area contributed by atoms with Crippen LogP contribution in [-0.2, 0) is 9.53 Å². The van der Waals surface area contributed by atoms with Crippen LogP contribution in [0.1, 0.15) is 4.88 Å². The number of aliphatic carboxylic acids is 1. The Morgan fingerprint density at radius 1 is 1.71 bits per heavy atom. The van der Waals surface area contributed by atoms with Gasteiger partial charge in [-0.2, -0.15) is 0 Å². The zero-order valence-corrected chi connectivity index (χ0v) is 9.89. The maximum Gasteiger partial charge on any atom is 0.328 e. The Kier molecular flexibility index (Phi) is 4.31. The lowest BCUT2D eigenvalue weighted by atomic mass is 10.2. The number of methoxy groups -OCH3 is 1. The number of ether oxygens (including phenoxy) is 1. The average Bonchev–Trinajstić information content (AvgIpc) is 2.50. The second-order valence-corrected chi connectivity index (χ2v) is 5.01. The molecule has 3 nitrogen and oxygen atoms in total. The quantitative estimate of drug-likeness (QED) is 0.860. The number of carboxylic acids is 1. The second kappa shape index (κ2) is 5.29. The highest BCUT2D eigenvalue weighted by molar-refractivity contribution is 9.11. The van der Waals surface area contributed by atoms with Gasteiger partial charge in [-0.1, -0.05) is 0 Å². The number of hydrogen-bond acceptors (Lipinski definition) is 3. The van der Waals surface area contributed by atoms with Gasteiger partial charge < -0.3 is 9.84 Å². The molecule has 0 saturated carbocycles. The van der Waals surface area contributed by atoms with Crippen LogP contribution in [0.4, 0.5) is 0 Å². The van der Waals surface area contributed by atoms with Crippen LogP contribution in [0.5, 0.6) is 0 Å². The monoisotopic (exact) mass is 276 g/mol. The third-order valence-electron chi connectivity index (χ3n) is 1.49. The van der Waals surface area contributed by atoms with Gasteiger partial charge in [0, 0.05) is 23.6 Å². The minimum atomic E-state index is -0.957. The van der Waals surface area contributed by atoms with Gasteiger partial charge >= 0.3 is 5.97 Å². The summed E-state index contributed by atoms with van der Waals surface area (Å²) in [5, 5.41) is 8.64. The molecule has 5 heteroatoms. The van der Waals surface area contributed by atoms with Crippen molar-refractivity contribution >= 4 is 38.8 Å². The standard InChI is InChI=1S/C9H9BrO3S/c1-13-5-6(4-9(11)12)7-2-3-8(10)14-7/h2-4H,5H2,1H3,(H,11,12)/b6-4+. The van der Waals surface area contributed by atoms with Crippen LogP contribution >= 0.6 is 27.3 Å². The molecule has 0 aliphatic heterocycles. The number of halogens is 1. The van der Waals surface area contributed by atoms with Gasteiger partial charge in [-0.05, 0) is 28.1 Å².